The third-order valence-electron chi connectivity index (χ3n) is 3.31. The number of rotatable bonds is 5. The highest BCUT2D eigenvalue weighted by molar-refractivity contribution is 5.96. The molecule has 2 N–H and O–H groups in total. The smallest absolute Gasteiger partial charge is 0.243 e. The normalized spacial score (nSPS) is 13.8. The maximum Gasteiger partial charge on any atom is 0.243 e. The average molecular weight is 250 g/mol. The molecule has 4 heteroatoms. The molecule has 0 aliphatic rings. The first kappa shape index (κ1) is 14.5. The molecule has 100 valence electrons. The second-order valence-corrected chi connectivity index (χ2v) is 4.51. The van der Waals surface area contributed by atoms with Crippen LogP contribution in [0.3, 0.4) is 0 Å². The summed E-state index contributed by atoms with van der Waals surface area (Å²) >= 11 is 0. The first-order valence-electron chi connectivity index (χ1n) is 6.18. The summed E-state index contributed by atoms with van der Waals surface area (Å²) in [6, 6.07) is 6.92. The number of carbonyl (C=O) groups is 1. The molecular weight excluding hydrogens is 228 g/mol. The zero-order valence-corrected chi connectivity index (χ0v) is 11.5. The second-order valence-electron chi connectivity index (χ2n) is 4.51. The Balaban J connectivity index is 2.85. The van der Waals surface area contributed by atoms with E-state index >= 15 is 0 Å². The lowest BCUT2D eigenvalue weighted by Gasteiger charge is -2.24. The Morgan fingerprint density at radius 1 is 1.50 bits per heavy atom. The van der Waals surface area contributed by atoms with Gasteiger partial charge in [-0.2, -0.15) is 0 Å². The van der Waals surface area contributed by atoms with Gasteiger partial charge in [0.2, 0.25) is 5.91 Å². The Morgan fingerprint density at radius 2 is 2.17 bits per heavy atom. The van der Waals surface area contributed by atoms with Gasteiger partial charge in [-0.05, 0) is 18.1 Å². The van der Waals surface area contributed by atoms with E-state index in [4.69, 9.17) is 10.5 Å². The van der Waals surface area contributed by atoms with Crippen molar-refractivity contribution in [2.45, 2.75) is 26.3 Å². The minimum absolute atomic E-state index is 0.0717. The van der Waals surface area contributed by atoms with Crippen LogP contribution < -0.4 is 15.4 Å². The minimum atomic E-state index is -0.466. The second kappa shape index (κ2) is 6.40. The van der Waals surface area contributed by atoms with Gasteiger partial charge in [0.1, 0.15) is 5.75 Å². The van der Waals surface area contributed by atoms with E-state index in [1.807, 2.05) is 38.1 Å². The predicted molar refractivity (Wildman–Crippen MR) is 73.8 cm³/mol. The number of ether oxygens (including phenoxy) is 1. The van der Waals surface area contributed by atoms with Gasteiger partial charge in [0.15, 0.2) is 0 Å². The van der Waals surface area contributed by atoms with E-state index in [-0.39, 0.29) is 11.8 Å². The number of methoxy groups -OCH3 is 1. The van der Waals surface area contributed by atoms with Crippen LogP contribution in [-0.4, -0.2) is 26.1 Å². The van der Waals surface area contributed by atoms with Gasteiger partial charge in [-0.15, -0.1) is 0 Å². The molecule has 0 saturated heterocycles. The number of nitrogens with zero attached hydrogens (tertiary/aromatic N) is 1. The topological polar surface area (TPSA) is 55.6 Å². The zero-order chi connectivity index (χ0) is 13.7. The lowest BCUT2D eigenvalue weighted by Crippen LogP contribution is -2.45. The minimum Gasteiger partial charge on any atom is -0.497 e. The van der Waals surface area contributed by atoms with Crippen molar-refractivity contribution in [3.05, 3.63) is 24.3 Å². The van der Waals surface area contributed by atoms with E-state index in [0.717, 1.165) is 17.9 Å². The Kier molecular flexibility index (Phi) is 5.16. The molecule has 0 aliphatic carbocycles. The molecule has 1 rings (SSSR count). The fourth-order valence-electron chi connectivity index (χ4n) is 1.67. The quantitative estimate of drug-likeness (QED) is 0.870. The van der Waals surface area contributed by atoms with Crippen molar-refractivity contribution in [3.63, 3.8) is 0 Å². The van der Waals surface area contributed by atoms with E-state index in [9.17, 15) is 4.79 Å². The van der Waals surface area contributed by atoms with E-state index in [1.54, 1.807) is 19.1 Å². The van der Waals surface area contributed by atoms with Gasteiger partial charge >= 0.3 is 0 Å². The van der Waals surface area contributed by atoms with Gasteiger partial charge in [0.05, 0.1) is 13.2 Å². The predicted octanol–water partition coefficient (Wildman–Crippen LogP) is 2.03. The van der Waals surface area contributed by atoms with Crippen LogP contribution in [0.2, 0.25) is 0 Å². The number of carbonyl (C=O) groups excluding carboxylic acids is 1. The lowest BCUT2D eigenvalue weighted by atomic mass is 9.99. The van der Waals surface area contributed by atoms with Crippen molar-refractivity contribution in [2.24, 2.45) is 11.7 Å². The number of nitrogens with two attached hydrogens (primary N) is 1. The molecule has 0 radical (unpaired) electrons. The lowest BCUT2D eigenvalue weighted by molar-refractivity contribution is -0.120. The highest BCUT2D eigenvalue weighted by atomic mass is 16.5. The largest absolute Gasteiger partial charge is 0.497 e. The van der Waals surface area contributed by atoms with Crippen LogP contribution in [0.4, 0.5) is 5.69 Å². The van der Waals surface area contributed by atoms with Crippen LogP contribution in [-0.2, 0) is 4.79 Å². The molecule has 0 saturated carbocycles. The van der Waals surface area contributed by atoms with Crippen molar-refractivity contribution >= 4 is 11.6 Å². The Hall–Kier alpha value is -1.55. The van der Waals surface area contributed by atoms with Gasteiger partial charge in [-0.1, -0.05) is 26.3 Å². The average Bonchev–Trinajstić information content (AvgIpc) is 2.43. The third-order valence-corrected chi connectivity index (χ3v) is 3.31. The number of amides is 1. The van der Waals surface area contributed by atoms with Gasteiger partial charge in [0, 0.05) is 18.8 Å². The summed E-state index contributed by atoms with van der Waals surface area (Å²) in [6.07, 6.45) is 0.888. The number of anilines is 1. The molecule has 0 aliphatic heterocycles. The van der Waals surface area contributed by atoms with E-state index in [1.165, 1.54) is 0 Å². The van der Waals surface area contributed by atoms with Crippen LogP contribution in [0.25, 0.3) is 0 Å². The molecule has 0 fully saturated rings. The molecule has 0 aromatic heterocycles. The summed E-state index contributed by atoms with van der Waals surface area (Å²) in [7, 11) is 3.34. The van der Waals surface area contributed by atoms with Crippen molar-refractivity contribution < 1.29 is 9.53 Å². The van der Waals surface area contributed by atoms with Crippen LogP contribution in [0, 0.1) is 5.92 Å². The van der Waals surface area contributed by atoms with Crippen LogP contribution in [0.1, 0.15) is 20.3 Å². The molecule has 0 unspecified atom stereocenters. The van der Waals surface area contributed by atoms with Crippen LogP contribution >= 0.6 is 0 Å². The van der Waals surface area contributed by atoms with Gasteiger partial charge < -0.3 is 15.4 Å². The molecule has 1 aromatic rings. The van der Waals surface area contributed by atoms with Crippen molar-refractivity contribution in [2.75, 3.05) is 19.1 Å². The number of hydrogen-bond donors (Lipinski definition) is 1. The molecule has 1 amide bonds. The summed E-state index contributed by atoms with van der Waals surface area (Å²) in [5.41, 5.74) is 6.75. The maximum absolute atomic E-state index is 12.2. The van der Waals surface area contributed by atoms with Gasteiger partial charge in [-0.25, -0.2) is 0 Å². The fraction of sp³-hybridized carbons (Fsp3) is 0.500. The molecule has 0 heterocycles. The molecular formula is C14H22N2O2. The maximum atomic E-state index is 12.2. The summed E-state index contributed by atoms with van der Waals surface area (Å²) in [5.74, 6) is 0.826. The van der Waals surface area contributed by atoms with E-state index in [2.05, 4.69) is 0 Å². The summed E-state index contributed by atoms with van der Waals surface area (Å²) in [4.78, 5) is 13.8. The third kappa shape index (κ3) is 3.23. The number of likely N-dealkylation sites (N-methyl/N-ethyl adjacent to an activating group) is 1. The first-order chi connectivity index (χ1) is 8.51. The molecule has 0 spiro atoms. The molecule has 4 nitrogen and oxygen atoms in total. The van der Waals surface area contributed by atoms with Crippen molar-refractivity contribution in [1.82, 2.24) is 0 Å². The van der Waals surface area contributed by atoms with E-state index < -0.39 is 6.04 Å². The fourth-order valence-corrected chi connectivity index (χ4v) is 1.67. The van der Waals surface area contributed by atoms with Gasteiger partial charge in [-0.3, -0.25) is 4.79 Å². The summed E-state index contributed by atoms with van der Waals surface area (Å²) in [5, 5.41) is 0. The number of benzene rings is 1. The van der Waals surface area contributed by atoms with Gasteiger partial charge in [0.25, 0.3) is 0 Å². The van der Waals surface area contributed by atoms with Crippen molar-refractivity contribution in [1.29, 1.82) is 0 Å². The van der Waals surface area contributed by atoms with Crippen LogP contribution in [0.15, 0.2) is 24.3 Å². The number of hydrogen-bond acceptors (Lipinski definition) is 3. The Labute approximate surface area is 109 Å². The standard InChI is InChI=1S/C14H22N2O2/c1-5-10(2)13(15)14(17)16(3)11-7-6-8-12(9-11)18-4/h6-10,13H,5,15H2,1-4H3/t10-,13-/m0/s1. The van der Waals surface area contributed by atoms with Crippen LogP contribution in [0.5, 0.6) is 5.75 Å². The zero-order valence-electron chi connectivity index (χ0n) is 11.5. The Bertz CT molecular complexity index is 407. The SMILES string of the molecule is CC[C@H](C)[C@H](N)C(=O)N(C)c1cccc(OC)c1. The first-order valence-corrected chi connectivity index (χ1v) is 6.18. The summed E-state index contributed by atoms with van der Waals surface area (Å²) in [6.45, 7) is 4.02. The monoisotopic (exact) mass is 250 g/mol. The van der Waals surface area contributed by atoms with E-state index in [0.29, 0.717) is 0 Å². The molecule has 2 atom stereocenters. The highest BCUT2D eigenvalue weighted by Gasteiger charge is 2.23. The van der Waals surface area contributed by atoms with Crippen molar-refractivity contribution in [3.8, 4) is 5.75 Å². The Morgan fingerprint density at radius 3 is 2.72 bits per heavy atom. The summed E-state index contributed by atoms with van der Waals surface area (Å²) < 4.78 is 5.14. The molecule has 0 bridgehead atoms. The molecule has 18 heavy (non-hydrogen) atoms. The highest BCUT2D eigenvalue weighted by Crippen LogP contribution is 2.21. The molecule has 1 aromatic carbocycles.